The van der Waals surface area contributed by atoms with Crippen LogP contribution in [0.3, 0.4) is 0 Å². The first-order valence-corrected chi connectivity index (χ1v) is 5.11. The van der Waals surface area contributed by atoms with Gasteiger partial charge in [-0.1, -0.05) is 29.4 Å². The molecule has 5 nitrogen and oxygen atoms in total. The number of azide groups is 1. The molecular weight excluding hydrogens is 204 g/mol. The molecule has 1 aliphatic rings. The number of fused-ring (bicyclic) bond motifs is 1. The molecule has 0 heterocycles. The van der Waals surface area contributed by atoms with Gasteiger partial charge in [-0.2, -0.15) is 0 Å². The molecule has 2 atom stereocenters. The summed E-state index contributed by atoms with van der Waals surface area (Å²) in [5, 5.41) is 6.57. The van der Waals surface area contributed by atoms with Crippen molar-refractivity contribution in [3.8, 4) is 0 Å². The SMILES string of the molecule is CC(=O)NC1c2ccccc2CC1N=[N+]=[N-]. The minimum Gasteiger partial charge on any atom is -0.349 e. The Morgan fingerprint density at radius 3 is 3.00 bits per heavy atom. The van der Waals surface area contributed by atoms with Crippen molar-refractivity contribution in [1.82, 2.24) is 5.32 Å². The highest BCUT2D eigenvalue weighted by atomic mass is 16.1. The van der Waals surface area contributed by atoms with E-state index in [4.69, 9.17) is 5.53 Å². The molecule has 0 radical (unpaired) electrons. The number of rotatable bonds is 2. The fraction of sp³-hybridized carbons (Fsp3) is 0.364. The highest BCUT2D eigenvalue weighted by molar-refractivity contribution is 5.73. The third-order valence-electron chi connectivity index (χ3n) is 2.76. The molecule has 5 heteroatoms. The monoisotopic (exact) mass is 216 g/mol. The van der Waals surface area contributed by atoms with E-state index in [-0.39, 0.29) is 18.0 Å². The van der Waals surface area contributed by atoms with Crippen molar-refractivity contribution in [2.24, 2.45) is 5.11 Å². The van der Waals surface area contributed by atoms with Gasteiger partial charge < -0.3 is 5.32 Å². The molecule has 1 aromatic rings. The third-order valence-corrected chi connectivity index (χ3v) is 2.76. The van der Waals surface area contributed by atoms with E-state index in [1.54, 1.807) is 0 Å². The molecule has 0 spiro atoms. The summed E-state index contributed by atoms with van der Waals surface area (Å²) in [7, 11) is 0. The van der Waals surface area contributed by atoms with Gasteiger partial charge in [0.25, 0.3) is 0 Å². The second kappa shape index (κ2) is 4.24. The first-order valence-electron chi connectivity index (χ1n) is 5.11. The number of hydrogen-bond donors (Lipinski definition) is 1. The number of carbonyl (C=O) groups excluding carboxylic acids is 1. The molecule has 1 aromatic carbocycles. The molecule has 0 aliphatic heterocycles. The second-order valence-electron chi connectivity index (χ2n) is 3.85. The maximum absolute atomic E-state index is 11.1. The number of nitrogens with one attached hydrogen (secondary N) is 1. The maximum atomic E-state index is 11.1. The number of hydrogen-bond acceptors (Lipinski definition) is 2. The van der Waals surface area contributed by atoms with Crippen LogP contribution in [0.15, 0.2) is 29.4 Å². The van der Waals surface area contributed by atoms with Crippen molar-refractivity contribution in [3.63, 3.8) is 0 Å². The molecule has 16 heavy (non-hydrogen) atoms. The van der Waals surface area contributed by atoms with Crippen molar-refractivity contribution in [3.05, 3.63) is 45.8 Å². The molecule has 1 aliphatic carbocycles. The Bertz CT molecular complexity index is 465. The van der Waals surface area contributed by atoms with Crippen LogP contribution in [-0.2, 0) is 11.2 Å². The molecule has 0 saturated carbocycles. The summed E-state index contributed by atoms with van der Waals surface area (Å²) in [6, 6.07) is 7.42. The summed E-state index contributed by atoms with van der Waals surface area (Å²) >= 11 is 0. The Kier molecular flexibility index (Phi) is 2.79. The third kappa shape index (κ3) is 1.85. The van der Waals surface area contributed by atoms with Gasteiger partial charge in [0.05, 0.1) is 12.1 Å². The van der Waals surface area contributed by atoms with Gasteiger partial charge in [-0.05, 0) is 23.1 Å². The summed E-state index contributed by atoms with van der Waals surface area (Å²) in [6.45, 7) is 1.47. The summed E-state index contributed by atoms with van der Waals surface area (Å²) in [6.07, 6.45) is 0.686. The number of amides is 1. The normalized spacial score (nSPS) is 22.1. The molecule has 1 N–H and O–H groups in total. The van der Waals surface area contributed by atoms with Gasteiger partial charge >= 0.3 is 0 Å². The van der Waals surface area contributed by atoms with Crippen molar-refractivity contribution in [2.75, 3.05) is 0 Å². The Labute approximate surface area is 93.1 Å². The molecule has 1 amide bonds. The Morgan fingerprint density at radius 2 is 2.31 bits per heavy atom. The Hall–Kier alpha value is -2.00. The van der Waals surface area contributed by atoms with E-state index in [2.05, 4.69) is 15.3 Å². The van der Waals surface area contributed by atoms with E-state index < -0.39 is 0 Å². The van der Waals surface area contributed by atoms with Gasteiger partial charge in [-0.25, -0.2) is 0 Å². The van der Waals surface area contributed by atoms with E-state index in [1.165, 1.54) is 6.92 Å². The van der Waals surface area contributed by atoms with Crippen molar-refractivity contribution < 1.29 is 4.79 Å². The lowest BCUT2D eigenvalue weighted by atomic mass is 10.1. The van der Waals surface area contributed by atoms with Crippen LogP contribution in [0.1, 0.15) is 24.1 Å². The van der Waals surface area contributed by atoms with E-state index in [9.17, 15) is 4.79 Å². The first-order chi connectivity index (χ1) is 7.72. The van der Waals surface area contributed by atoms with E-state index in [1.807, 2.05) is 24.3 Å². The zero-order valence-electron chi connectivity index (χ0n) is 8.92. The van der Waals surface area contributed by atoms with E-state index >= 15 is 0 Å². The van der Waals surface area contributed by atoms with Gasteiger partial charge in [0, 0.05) is 11.8 Å². The minimum atomic E-state index is -0.216. The zero-order chi connectivity index (χ0) is 11.5. The average molecular weight is 216 g/mol. The number of nitrogens with zero attached hydrogens (tertiary/aromatic N) is 3. The Morgan fingerprint density at radius 1 is 1.56 bits per heavy atom. The molecule has 0 saturated heterocycles. The predicted octanol–water partition coefficient (Wildman–Crippen LogP) is 2.10. The van der Waals surface area contributed by atoms with Crippen molar-refractivity contribution in [1.29, 1.82) is 0 Å². The van der Waals surface area contributed by atoms with Gasteiger partial charge in [0.2, 0.25) is 5.91 Å². The van der Waals surface area contributed by atoms with Gasteiger partial charge in [-0.15, -0.1) is 0 Å². The van der Waals surface area contributed by atoms with Crippen LogP contribution in [0.2, 0.25) is 0 Å². The molecule has 82 valence electrons. The molecule has 2 rings (SSSR count). The number of carbonyl (C=O) groups is 1. The smallest absolute Gasteiger partial charge is 0.217 e. The fourth-order valence-corrected chi connectivity index (χ4v) is 2.14. The quantitative estimate of drug-likeness (QED) is 0.458. The van der Waals surface area contributed by atoms with Crippen LogP contribution in [0.5, 0.6) is 0 Å². The molecule has 0 aromatic heterocycles. The van der Waals surface area contributed by atoms with Crippen LogP contribution in [0, 0.1) is 0 Å². The van der Waals surface area contributed by atoms with Crippen molar-refractivity contribution >= 4 is 5.91 Å². The van der Waals surface area contributed by atoms with Crippen LogP contribution in [0.25, 0.3) is 10.4 Å². The molecular formula is C11H12N4O. The van der Waals surface area contributed by atoms with Crippen LogP contribution in [0.4, 0.5) is 0 Å². The molecule has 0 fully saturated rings. The largest absolute Gasteiger partial charge is 0.349 e. The molecule has 2 unspecified atom stereocenters. The second-order valence-corrected chi connectivity index (χ2v) is 3.85. The summed E-state index contributed by atoms with van der Waals surface area (Å²) in [4.78, 5) is 13.9. The van der Waals surface area contributed by atoms with Crippen LogP contribution < -0.4 is 5.32 Å². The van der Waals surface area contributed by atoms with Crippen molar-refractivity contribution in [2.45, 2.75) is 25.4 Å². The van der Waals surface area contributed by atoms with Gasteiger partial charge in [-0.3, -0.25) is 4.79 Å². The maximum Gasteiger partial charge on any atom is 0.217 e. The van der Waals surface area contributed by atoms with E-state index in [0.29, 0.717) is 6.42 Å². The highest BCUT2D eigenvalue weighted by Gasteiger charge is 2.31. The molecule has 0 bridgehead atoms. The lowest BCUT2D eigenvalue weighted by Crippen LogP contribution is -2.31. The van der Waals surface area contributed by atoms with Gasteiger partial charge in [0.1, 0.15) is 0 Å². The fourth-order valence-electron chi connectivity index (χ4n) is 2.14. The highest BCUT2D eigenvalue weighted by Crippen LogP contribution is 2.33. The summed E-state index contributed by atoms with van der Waals surface area (Å²) in [5.41, 5.74) is 10.7. The summed E-state index contributed by atoms with van der Waals surface area (Å²) in [5.74, 6) is -0.111. The van der Waals surface area contributed by atoms with Crippen LogP contribution >= 0.6 is 0 Å². The van der Waals surface area contributed by atoms with E-state index in [0.717, 1.165) is 11.1 Å². The predicted molar refractivity (Wildman–Crippen MR) is 59.6 cm³/mol. The first kappa shape index (κ1) is 10.5. The standard InChI is InChI=1S/C11H12N4O/c1-7(16)13-11-9-5-3-2-4-8(9)6-10(11)14-15-12/h2-5,10-11H,6H2,1H3,(H,13,16). The topological polar surface area (TPSA) is 77.9 Å². The van der Waals surface area contributed by atoms with Gasteiger partial charge in [0.15, 0.2) is 0 Å². The lowest BCUT2D eigenvalue weighted by Gasteiger charge is -2.16. The minimum absolute atomic E-state index is 0.111. The number of benzene rings is 1. The zero-order valence-corrected chi connectivity index (χ0v) is 8.92. The lowest BCUT2D eigenvalue weighted by molar-refractivity contribution is -0.119. The average Bonchev–Trinajstić information content (AvgIpc) is 2.57. The van der Waals surface area contributed by atoms with Crippen LogP contribution in [-0.4, -0.2) is 11.9 Å². The Balaban J connectivity index is 2.35. The summed E-state index contributed by atoms with van der Waals surface area (Å²) < 4.78 is 0.